The molecule has 0 saturated carbocycles. The Hall–Kier alpha value is -2.78. The molecule has 3 heterocycles. The number of amides is 3. The van der Waals surface area contributed by atoms with Crippen molar-refractivity contribution in [3.63, 3.8) is 0 Å². The van der Waals surface area contributed by atoms with Crippen molar-refractivity contribution >= 4 is 29.0 Å². The lowest BCUT2D eigenvalue weighted by Crippen LogP contribution is -3.12. The minimum absolute atomic E-state index is 0.0544. The summed E-state index contributed by atoms with van der Waals surface area (Å²) in [6, 6.07) is 9.75. The molecule has 28 heavy (non-hydrogen) atoms. The Kier molecular flexibility index (Phi) is 4.64. The van der Waals surface area contributed by atoms with Gasteiger partial charge in [0.15, 0.2) is 6.67 Å². The van der Waals surface area contributed by atoms with Gasteiger partial charge >= 0.3 is 6.03 Å². The van der Waals surface area contributed by atoms with Crippen LogP contribution in [0.1, 0.15) is 36.2 Å². The molecule has 2 aliphatic rings. The molecule has 3 amide bonds. The van der Waals surface area contributed by atoms with Crippen molar-refractivity contribution in [3.8, 4) is 0 Å². The fourth-order valence-electron chi connectivity index (χ4n) is 4.09. The van der Waals surface area contributed by atoms with Gasteiger partial charge in [-0.2, -0.15) is 0 Å². The van der Waals surface area contributed by atoms with Crippen LogP contribution in [0.4, 0.5) is 10.5 Å². The van der Waals surface area contributed by atoms with Crippen molar-refractivity contribution in [2.24, 2.45) is 0 Å². The minimum Gasteiger partial charge on any atom is -0.319 e. The van der Waals surface area contributed by atoms with Crippen molar-refractivity contribution in [1.82, 2.24) is 10.2 Å². The highest BCUT2D eigenvalue weighted by molar-refractivity contribution is 7.10. The second-order valence-corrected chi connectivity index (χ2v) is 8.35. The molecule has 2 aromatic rings. The van der Waals surface area contributed by atoms with Crippen molar-refractivity contribution in [1.29, 1.82) is 0 Å². The molecule has 0 radical (unpaired) electrons. The predicted octanol–water partition coefficient (Wildman–Crippen LogP) is 1.80. The SMILES string of the molecule is C[C@@]1(c2ccc([N+](=O)[O-])cc2)NC(=O)N(C[NH+]2CCC[C@@H]2c2cccs2)C1=O. The van der Waals surface area contributed by atoms with E-state index in [1.54, 1.807) is 18.3 Å². The van der Waals surface area contributed by atoms with Gasteiger partial charge in [-0.1, -0.05) is 6.07 Å². The van der Waals surface area contributed by atoms with E-state index in [0.717, 1.165) is 19.4 Å². The Morgan fingerprint density at radius 1 is 1.32 bits per heavy atom. The molecular weight excluding hydrogens is 380 g/mol. The third-order valence-corrected chi connectivity index (χ3v) is 6.65. The lowest BCUT2D eigenvalue weighted by Gasteiger charge is -2.25. The predicted molar refractivity (Wildman–Crippen MR) is 103 cm³/mol. The first-order valence-corrected chi connectivity index (χ1v) is 10.0. The lowest BCUT2D eigenvalue weighted by atomic mass is 9.92. The number of quaternary nitrogens is 1. The zero-order chi connectivity index (χ0) is 19.9. The Morgan fingerprint density at radius 3 is 2.71 bits per heavy atom. The van der Waals surface area contributed by atoms with E-state index in [1.807, 2.05) is 11.4 Å². The van der Waals surface area contributed by atoms with Gasteiger partial charge in [0, 0.05) is 25.0 Å². The number of imide groups is 1. The van der Waals surface area contributed by atoms with Gasteiger partial charge < -0.3 is 10.2 Å². The normalized spacial score (nSPS) is 27.2. The zero-order valence-electron chi connectivity index (χ0n) is 15.4. The van der Waals surface area contributed by atoms with Crippen LogP contribution in [-0.4, -0.2) is 35.0 Å². The molecule has 3 atom stereocenters. The second kappa shape index (κ2) is 6.99. The summed E-state index contributed by atoms with van der Waals surface area (Å²) in [6.45, 7) is 2.87. The van der Waals surface area contributed by atoms with Crippen LogP contribution >= 0.6 is 11.3 Å². The lowest BCUT2D eigenvalue weighted by molar-refractivity contribution is -0.925. The molecule has 2 N–H and O–H groups in total. The van der Waals surface area contributed by atoms with Gasteiger partial charge in [-0.05, 0) is 36.1 Å². The topological polar surface area (TPSA) is 97.0 Å². The van der Waals surface area contributed by atoms with Crippen LogP contribution in [0, 0.1) is 10.1 Å². The Balaban J connectivity index is 1.54. The molecule has 2 saturated heterocycles. The van der Waals surface area contributed by atoms with Gasteiger partial charge in [0.25, 0.3) is 11.6 Å². The standard InChI is InChI=1S/C19H20N4O4S/c1-19(13-6-8-14(9-7-13)23(26)27)17(24)22(18(25)20-19)12-21-10-2-4-15(21)16-5-3-11-28-16/h3,5-9,11,15H,2,4,10,12H2,1H3,(H,20,25)/p+1/t15-,19+/m1/s1. The summed E-state index contributed by atoms with van der Waals surface area (Å²) in [7, 11) is 0. The maximum atomic E-state index is 13.1. The molecule has 1 aromatic carbocycles. The number of benzene rings is 1. The first-order valence-electron chi connectivity index (χ1n) is 9.17. The van der Waals surface area contributed by atoms with E-state index in [9.17, 15) is 19.7 Å². The maximum Gasteiger partial charge on any atom is 0.329 e. The van der Waals surface area contributed by atoms with Crippen molar-refractivity contribution in [2.75, 3.05) is 13.2 Å². The largest absolute Gasteiger partial charge is 0.329 e. The average Bonchev–Trinajstić information content (AvgIpc) is 3.40. The number of thiophene rings is 1. The van der Waals surface area contributed by atoms with Crippen LogP contribution < -0.4 is 10.2 Å². The summed E-state index contributed by atoms with van der Waals surface area (Å²) < 4.78 is 0. The molecular formula is C19H21N4O4S+. The fourth-order valence-corrected chi connectivity index (χ4v) is 5.01. The van der Waals surface area contributed by atoms with Crippen LogP contribution in [0.3, 0.4) is 0 Å². The Labute approximate surface area is 165 Å². The van der Waals surface area contributed by atoms with Crippen molar-refractivity contribution in [3.05, 3.63) is 62.3 Å². The van der Waals surface area contributed by atoms with Crippen molar-refractivity contribution < 1.29 is 19.4 Å². The Bertz CT molecular complexity index is 915. The molecule has 8 nitrogen and oxygen atoms in total. The van der Waals surface area contributed by atoms with Crippen LogP contribution in [0.25, 0.3) is 0 Å². The molecule has 1 aromatic heterocycles. The molecule has 9 heteroatoms. The van der Waals surface area contributed by atoms with Gasteiger partial charge in [-0.15, -0.1) is 11.3 Å². The number of hydrogen-bond acceptors (Lipinski definition) is 5. The number of carbonyl (C=O) groups excluding carboxylic acids is 2. The van der Waals surface area contributed by atoms with E-state index in [4.69, 9.17) is 0 Å². The zero-order valence-corrected chi connectivity index (χ0v) is 16.2. The molecule has 0 bridgehead atoms. The number of nitrogens with one attached hydrogen (secondary N) is 2. The monoisotopic (exact) mass is 401 g/mol. The summed E-state index contributed by atoms with van der Waals surface area (Å²) >= 11 is 1.70. The second-order valence-electron chi connectivity index (χ2n) is 7.37. The van der Waals surface area contributed by atoms with Crippen LogP contribution in [0.15, 0.2) is 41.8 Å². The number of hydrogen-bond donors (Lipinski definition) is 2. The Morgan fingerprint density at radius 2 is 2.07 bits per heavy atom. The number of urea groups is 1. The van der Waals surface area contributed by atoms with E-state index >= 15 is 0 Å². The minimum atomic E-state index is -1.22. The summed E-state index contributed by atoms with van der Waals surface area (Å²) in [5.74, 6) is -0.323. The number of nitro benzene ring substituents is 1. The molecule has 2 fully saturated rings. The quantitative estimate of drug-likeness (QED) is 0.454. The van der Waals surface area contributed by atoms with Crippen LogP contribution in [0.5, 0.6) is 0 Å². The molecule has 2 aliphatic heterocycles. The maximum absolute atomic E-state index is 13.1. The number of likely N-dealkylation sites (tertiary alicyclic amines) is 1. The van der Waals surface area contributed by atoms with Gasteiger partial charge in [0.2, 0.25) is 0 Å². The van der Waals surface area contributed by atoms with Gasteiger partial charge in [-0.3, -0.25) is 14.9 Å². The van der Waals surface area contributed by atoms with Gasteiger partial charge in [0.05, 0.1) is 16.3 Å². The van der Waals surface area contributed by atoms with Crippen molar-refractivity contribution in [2.45, 2.75) is 31.3 Å². The van der Waals surface area contributed by atoms with E-state index in [0.29, 0.717) is 18.3 Å². The summed E-state index contributed by atoms with van der Waals surface area (Å²) in [5.41, 5.74) is -0.740. The van der Waals surface area contributed by atoms with Crippen LogP contribution in [0.2, 0.25) is 0 Å². The number of non-ortho nitro benzene ring substituents is 1. The number of nitro groups is 1. The highest BCUT2D eigenvalue weighted by atomic mass is 32.1. The molecule has 1 unspecified atom stereocenters. The van der Waals surface area contributed by atoms with E-state index < -0.39 is 16.5 Å². The highest BCUT2D eigenvalue weighted by Crippen LogP contribution is 2.30. The average molecular weight is 401 g/mol. The molecule has 0 aliphatic carbocycles. The smallest absolute Gasteiger partial charge is 0.319 e. The number of rotatable bonds is 5. The molecule has 0 spiro atoms. The number of carbonyl (C=O) groups is 2. The number of nitrogens with zero attached hydrogens (tertiary/aromatic N) is 2. The molecule has 4 rings (SSSR count). The first kappa shape index (κ1) is 18.6. The summed E-state index contributed by atoms with van der Waals surface area (Å²) in [4.78, 5) is 39.9. The summed E-state index contributed by atoms with van der Waals surface area (Å²) in [5, 5.41) is 15.7. The highest BCUT2D eigenvalue weighted by Gasteiger charge is 2.51. The summed E-state index contributed by atoms with van der Waals surface area (Å²) in [6.07, 6.45) is 2.10. The van der Waals surface area contributed by atoms with Gasteiger partial charge in [-0.25, -0.2) is 9.69 Å². The van der Waals surface area contributed by atoms with Crippen LogP contribution in [-0.2, 0) is 10.3 Å². The third kappa shape index (κ3) is 3.06. The van der Waals surface area contributed by atoms with E-state index in [-0.39, 0.29) is 11.6 Å². The fraction of sp³-hybridized carbons (Fsp3) is 0.368. The van der Waals surface area contributed by atoms with Gasteiger partial charge in [0.1, 0.15) is 11.6 Å². The van der Waals surface area contributed by atoms with E-state index in [1.165, 1.54) is 38.9 Å². The van der Waals surface area contributed by atoms with E-state index in [2.05, 4.69) is 11.4 Å². The third-order valence-electron chi connectivity index (χ3n) is 5.66. The first-order chi connectivity index (χ1) is 13.4. The molecule has 146 valence electrons.